The smallest absolute Gasteiger partial charge is 0.193 e. The third kappa shape index (κ3) is 3.58. The number of halogens is 1. The number of likely N-dealkylation sites (tertiary alicyclic amines) is 1. The fourth-order valence-electron chi connectivity index (χ4n) is 3.83. The van der Waals surface area contributed by atoms with Crippen LogP contribution in [0, 0.1) is 25.7 Å². The van der Waals surface area contributed by atoms with Crippen LogP contribution in [-0.4, -0.2) is 36.2 Å². The number of aromatic nitrogens is 1. The lowest BCUT2D eigenvalue weighted by atomic mass is 9.82. The van der Waals surface area contributed by atoms with Gasteiger partial charge < -0.3 is 14.7 Å². The molecule has 6 heteroatoms. The fraction of sp³-hybridized carbons (Fsp3) is 0.750. The van der Waals surface area contributed by atoms with Crippen molar-refractivity contribution in [3.8, 4) is 0 Å². The summed E-state index contributed by atoms with van der Waals surface area (Å²) in [5.74, 6) is 3.66. The maximum Gasteiger partial charge on any atom is 0.193 e. The first-order valence-corrected chi connectivity index (χ1v) is 8.06. The van der Waals surface area contributed by atoms with Gasteiger partial charge in [0, 0.05) is 32.2 Å². The number of aliphatic imine (C=N–C) groups is 1. The molecule has 22 heavy (non-hydrogen) atoms. The minimum absolute atomic E-state index is 0. The molecule has 0 amide bonds. The number of guanidine groups is 1. The molecule has 0 aromatic carbocycles. The summed E-state index contributed by atoms with van der Waals surface area (Å²) in [6.45, 7) is 7.00. The van der Waals surface area contributed by atoms with E-state index in [0.717, 1.165) is 54.4 Å². The van der Waals surface area contributed by atoms with E-state index in [2.05, 4.69) is 20.4 Å². The molecular weight excluding hydrogens is 391 g/mol. The first kappa shape index (κ1) is 17.6. The summed E-state index contributed by atoms with van der Waals surface area (Å²) in [4.78, 5) is 6.90. The molecule has 2 unspecified atom stereocenters. The topological polar surface area (TPSA) is 53.7 Å². The summed E-state index contributed by atoms with van der Waals surface area (Å²) < 4.78 is 5.22. The summed E-state index contributed by atoms with van der Waals surface area (Å²) in [5, 5.41) is 7.49. The molecular formula is C16H27IN4O. The highest BCUT2D eigenvalue weighted by Gasteiger charge is 2.35. The maximum absolute atomic E-state index is 5.22. The first-order chi connectivity index (χ1) is 10.2. The van der Waals surface area contributed by atoms with Crippen molar-refractivity contribution in [2.24, 2.45) is 16.8 Å². The quantitative estimate of drug-likeness (QED) is 0.456. The van der Waals surface area contributed by atoms with Gasteiger partial charge in [0.15, 0.2) is 5.96 Å². The van der Waals surface area contributed by atoms with E-state index in [1.807, 2.05) is 20.9 Å². The lowest BCUT2D eigenvalue weighted by Crippen LogP contribution is -2.40. The van der Waals surface area contributed by atoms with Crippen LogP contribution < -0.4 is 5.32 Å². The molecule has 2 heterocycles. The van der Waals surface area contributed by atoms with E-state index < -0.39 is 0 Å². The van der Waals surface area contributed by atoms with Crippen LogP contribution in [0.25, 0.3) is 0 Å². The molecule has 2 aliphatic rings. The van der Waals surface area contributed by atoms with Crippen LogP contribution >= 0.6 is 24.0 Å². The second-order valence-electron chi connectivity index (χ2n) is 6.41. The number of rotatable bonds is 2. The number of hydrogen-bond acceptors (Lipinski definition) is 3. The molecule has 1 aromatic heterocycles. The second-order valence-corrected chi connectivity index (χ2v) is 6.41. The van der Waals surface area contributed by atoms with Gasteiger partial charge in [-0.1, -0.05) is 18.0 Å². The van der Waals surface area contributed by atoms with E-state index in [4.69, 9.17) is 4.52 Å². The molecule has 0 bridgehead atoms. The molecule has 1 N–H and O–H groups in total. The highest BCUT2D eigenvalue weighted by molar-refractivity contribution is 14.0. The van der Waals surface area contributed by atoms with Gasteiger partial charge in [0.1, 0.15) is 5.76 Å². The SMILES string of the molecule is CN=C(NCc1c(C)noc1C)N1CC2CCCCC2C1.I. The van der Waals surface area contributed by atoms with Crippen molar-refractivity contribution in [3.63, 3.8) is 0 Å². The first-order valence-electron chi connectivity index (χ1n) is 8.06. The van der Waals surface area contributed by atoms with E-state index in [1.54, 1.807) is 0 Å². The van der Waals surface area contributed by atoms with Gasteiger partial charge in [-0.15, -0.1) is 24.0 Å². The van der Waals surface area contributed by atoms with Crippen LogP contribution in [0.3, 0.4) is 0 Å². The van der Waals surface area contributed by atoms with Crippen molar-refractivity contribution in [1.82, 2.24) is 15.4 Å². The molecule has 1 aliphatic heterocycles. The highest BCUT2D eigenvalue weighted by atomic mass is 127. The van der Waals surface area contributed by atoms with Gasteiger partial charge in [-0.3, -0.25) is 4.99 Å². The molecule has 1 saturated heterocycles. The lowest BCUT2D eigenvalue weighted by molar-refractivity contribution is 0.299. The zero-order valence-corrected chi connectivity index (χ0v) is 16.1. The lowest BCUT2D eigenvalue weighted by Gasteiger charge is -2.22. The summed E-state index contributed by atoms with van der Waals surface area (Å²) in [6, 6.07) is 0. The molecule has 124 valence electrons. The second kappa shape index (κ2) is 7.66. The summed E-state index contributed by atoms with van der Waals surface area (Å²) in [5.41, 5.74) is 2.11. The minimum Gasteiger partial charge on any atom is -0.361 e. The van der Waals surface area contributed by atoms with Crippen LogP contribution in [0.1, 0.15) is 42.7 Å². The van der Waals surface area contributed by atoms with Crippen LogP contribution in [-0.2, 0) is 6.54 Å². The number of fused-ring (bicyclic) bond motifs is 1. The molecule has 0 radical (unpaired) electrons. The van der Waals surface area contributed by atoms with E-state index >= 15 is 0 Å². The van der Waals surface area contributed by atoms with Crippen LogP contribution in [0.15, 0.2) is 9.52 Å². The van der Waals surface area contributed by atoms with Crippen LogP contribution in [0.5, 0.6) is 0 Å². The number of aryl methyl sites for hydroxylation is 2. The van der Waals surface area contributed by atoms with Crippen molar-refractivity contribution in [2.45, 2.75) is 46.1 Å². The summed E-state index contributed by atoms with van der Waals surface area (Å²) in [7, 11) is 1.87. The standard InChI is InChI=1S/C16H26N4O.HI/c1-11-15(12(2)21-19-11)8-18-16(17-3)20-9-13-6-4-5-7-14(13)10-20;/h13-14H,4-10H2,1-3H3,(H,17,18);1H. The van der Waals surface area contributed by atoms with Crippen LogP contribution in [0.2, 0.25) is 0 Å². The largest absolute Gasteiger partial charge is 0.361 e. The number of nitrogens with one attached hydrogen (secondary N) is 1. The molecule has 1 saturated carbocycles. The third-order valence-corrected chi connectivity index (χ3v) is 5.09. The number of nitrogens with zero attached hydrogens (tertiary/aromatic N) is 3. The summed E-state index contributed by atoms with van der Waals surface area (Å²) in [6.07, 6.45) is 5.59. The Labute approximate surface area is 149 Å². The van der Waals surface area contributed by atoms with Crippen molar-refractivity contribution >= 4 is 29.9 Å². The van der Waals surface area contributed by atoms with Gasteiger partial charge in [0.05, 0.1) is 5.69 Å². The zero-order chi connectivity index (χ0) is 14.8. The predicted molar refractivity (Wildman–Crippen MR) is 98.6 cm³/mol. The van der Waals surface area contributed by atoms with Crippen molar-refractivity contribution < 1.29 is 4.52 Å². The highest BCUT2D eigenvalue weighted by Crippen LogP contribution is 2.35. The Balaban J connectivity index is 0.00000176. The molecule has 1 aliphatic carbocycles. The third-order valence-electron chi connectivity index (χ3n) is 5.09. The normalized spacial score (nSPS) is 24.9. The van der Waals surface area contributed by atoms with Gasteiger partial charge in [-0.05, 0) is 38.5 Å². The summed E-state index contributed by atoms with van der Waals surface area (Å²) >= 11 is 0. The van der Waals surface area contributed by atoms with Crippen molar-refractivity contribution in [1.29, 1.82) is 0 Å². The Hall–Kier alpha value is -0.790. The molecule has 3 rings (SSSR count). The van der Waals surface area contributed by atoms with Gasteiger partial charge >= 0.3 is 0 Å². The van der Waals surface area contributed by atoms with Crippen LogP contribution in [0.4, 0.5) is 0 Å². The van der Waals surface area contributed by atoms with Crippen molar-refractivity contribution in [3.05, 3.63) is 17.0 Å². The Kier molecular flexibility index (Phi) is 6.11. The van der Waals surface area contributed by atoms with Gasteiger partial charge in [-0.25, -0.2) is 0 Å². The Morgan fingerprint density at radius 1 is 1.27 bits per heavy atom. The number of hydrogen-bond donors (Lipinski definition) is 1. The average Bonchev–Trinajstić information content (AvgIpc) is 3.05. The van der Waals surface area contributed by atoms with Gasteiger partial charge in [0.2, 0.25) is 0 Å². The molecule has 0 spiro atoms. The molecule has 2 atom stereocenters. The van der Waals surface area contributed by atoms with Gasteiger partial charge in [-0.2, -0.15) is 0 Å². The Bertz CT molecular complexity index is 495. The zero-order valence-electron chi connectivity index (χ0n) is 13.8. The monoisotopic (exact) mass is 418 g/mol. The van der Waals surface area contributed by atoms with Gasteiger partial charge in [0.25, 0.3) is 0 Å². The molecule has 5 nitrogen and oxygen atoms in total. The van der Waals surface area contributed by atoms with E-state index in [-0.39, 0.29) is 24.0 Å². The van der Waals surface area contributed by atoms with Crippen molar-refractivity contribution in [2.75, 3.05) is 20.1 Å². The van der Waals surface area contributed by atoms with E-state index in [0.29, 0.717) is 0 Å². The van der Waals surface area contributed by atoms with E-state index in [9.17, 15) is 0 Å². The molecule has 1 aromatic rings. The Morgan fingerprint density at radius 3 is 2.41 bits per heavy atom. The fourth-order valence-corrected chi connectivity index (χ4v) is 3.83. The van der Waals surface area contributed by atoms with E-state index in [1.165, 1.54) is 25.7 Å². The Morgan fingerprint density at radius 2 is 1.91 bits per heavy atom. The average molecular weight is 418 g/mol. The predicted octanol–water partition coefficient (Wildman–Crippen LogP) is 3.11. The minimum atomic E-state index is 0. The maximum atomic E-state index is 5.22. The molecule has 2 fully saturated rings.